The molecule has 0 spiro atoms. The standard InChI is InChI=1S/C15H13F3N4O/c16-15(17,18)6-7-19-12-10-13(21-22-9-8-20-14(12)22)23-11-4-2-1-3-5-11/h1-5,8-10,19H,6-7H2. The summed E-state index contributed by atoms with van der Waals surface area (Å²) in [6.45, 7) is -0.249. The predicted molar refractivity (Wildman–Crippen MR) is 78.7 cm³/mol. The summed E-state index contributed by atoms with van der Waals surface area (Å²) in [5.74, 6) is 0.844. The molecule has 0 aliphatic heterocycles. The van der Waals surface area contributed by atoms with Gasteiger partial charge in [-0.2, -0.15) is 13.2 Å². The van der Waals surface area contributed by atoms with Gasteiger partial charge in [0.25, 0.3) is 0 Å². The molecule has 0 aliphatic carbocycles. The second-order valence-corrected chi connectivity index (χ2v) is 4.80. The number of hydrogen-bond donors (Lipinski definition) is 1. The van der Waals surface area contributed by atoms with Crippen LogP contribution in [0, 0.1) is 0 Å². The van der Waals surface area contributed by atoms with E-state index in [4.69, 9.17) is 4.74 Å². The summed E-state index contributed by atoms with van der Waals surface area (Å²) in [5, 5.41) is 6.95. The molecule has 1 aromatic carbocycles. The van der Waals surface area contributed by atoms with Crippen LogP contribution < -0.4 is 10.1 Å². The largest absolute Gasteiger partial charge is 0.438 e. The molecule has 2 aromatic heterocycles. The van der Waals surface area contributed by atoms with Gasteiger partial charge < -0.3 is 10.1 Å². The Kier molecular flexibility index (Phi) is 4.05. The Labute approximate surface area is 129 Å². The number of para-hydroxylation sites is 1. The Morgan fingerprint density at radius 1 is 1.17 bits per heavy atom. The number of aromatic nitrogens is 3. The molecule has 0 radical (unpaired) electrons. The molecule has 5 nitrogen and oxygen atoms in total. The van der Waals surface area contributed by atoms with E-state index < -0.39 is 12.6 Å². The Hall–Kier alpha value is -2.77. The van der Waals surface area contributed by atoms with Crippen LogP contribution in [-0.4, -0.2) is 27.3 Å². The van der Waals surface area contributed by atoms with Crippen molar-refractivity contribution in [2.24, 2.45) is 0 Å². The fourth-order valence-corrected chi connectivity index (χ4v) is 2.02. The minimum atomic E-state index is -4.21. The molecular weight excluding hydrogens is 309 g/mol. The number of nitrogens with zero attached hydrogens (tertiary/aromatic N) is 3. The highest BCUT2D eigenvalue weighted by Crippen LogP contribution is 2.25. The van der Waals surface area contributed by atoms with E-state index in [1.165, 1.54) is 16.8 Å². The van der Waals surface area contributed by atoms with Crippen molar-refractivity contribution in [3.63, 3.8) is 0 Å². The molecule has 0 aliphatic rings. The van der Waals surface area contributed by atoms with Gasteiger partial charge in [-0.15, -0.1) is 5.10 Å². The van der Waals surface area contributed by atoms with Crippen LogP contribution in [0.4, 0.5) is 18.9 Å². The van der Waals surface area contributed by atoms with Crippen LogP contribution >= 0.6 is 0 Å². The maximum atomic E-state index is 12.3. The molecule has 23 heavy (non-hydrogen) atoms. The molecule has 2 heterocycles. The molecule has 0 amide bonds. The fraction of sp³-hybridized carbons (Fsp3) is 0.200. The fourth-order valence-electron chi connectivity index (χ4n) is 2.02. The number of fused-ring (bicyclic) bond motifs is 1. The first-order valence-corrected chi connectivity index (χ1v) is 6.89. The van der Waals surface area contributed by atoms with E-state index in [2.05, 4.69) is 15.4 Å². The van der Waals surface area contributed by atoms with Gasteiger partial charge >= 0.3 is 6.18 Å². The first-order valence-electron chi connectivity index (χ1n) is 6.89. The molecule has 0 unspecified atom stereocenters. The maximum Gasteiger partial charge on any atom is 0.390 e. The Morgan fingerprint density at radius 2 is 1.96 bits per heavy atom. The lowest BCUT2D eigenvalue weighted by molar-refractivity contribution is -0.131. The number of halogens is 3. The van der Waals surface area contributed by atoms with Gasteiger partial charge in [-0.05, 0) is 12.1 Å². The third kappa shape index (κ3) is 3.91. The highest BCUT2D eigenvalue weighted by Gasteiger charge is 2.26. The molecule has 0 saturated carbocycles. The first kappa shape index (κ1) is 15.1. The third-order valence-corrected chi connectivity index (χ3v) is 3.03. The van der Waals surface area contributed by atoms with Gasteiger partial charge in [-0.1, -0.05) is 18.2 Å². The van der Waals surface area contributed by atoms with Gasteiger partial charge in [-0.3, -0.25) is 0 Å². The lowest BCUT2D eigenvalue weighted by atomic mass is 10.3. The van der Waals surface area contributed by atoms with Crippen LogP contribution in [0.5, 0.6) is 11.6 Å². The number of benzene rings is 1. The minimum Gasteiger partial charge on any atom is -0.438 e. The van der Waals surface area contributed by atoms with E-state index in [0.717, 1.165) is 0 Å². The second kappa shape index (κ2) is 6.15. The lowest BCUT2D eigenvalue weighted by Gasteiger charge is -2.11. The van der Waals surface area contributed by atoms with Crippen LogP contribution in [0.1, 0.15) is 6.42 Å². The van der Waals surface area contributed by atoms with E-state index in [1.807, 2.05) is 18.2 Å². The van der Waals surface area contributed by atoms with Gasteiger partial charge in [0.2, 0.25) is 5.88 Å². The zero-order valence-corrected chi connectivity index (χ0v) is 11.9. The number of rotatable bonds is 5. The quantitative estimate of drug-likeness (QED) is 0.774. The second-order valence-electron chi connectivity index (χ2n) is 4.80. The summed E-state index contributed by atoms with van der Waals surface area (Å²) < 4.78 is 43.9. The number of hydrogen-bond acceptors (Lipinski definition) is 4. The van der Waals surface area contributed by atoms with Gasteiger partial charge in [-0.25, -0.2) is 9.50 Å². The van der Waals surface area contributed by atoms with Crippen molar-refractivity contribution in [2.45, 2.75) is 12.6 Å². The van der Waals surface area contributed by atoms with Crippen molar-refractivity contribution in [3.05, 3.63) is 48.8 Å². The average molecular weight is 322 g/mol. The molecular formula is C15H13F3N4O. The van der Waals surface area contributed by atoms with Crippen molar-refractivity contribution in [1.82, 2.24) is 14.6 Å². The van der Waals surface area contributed by atoms with Crippen molar-refractivity contribution >= 4 is 11.3 Å². The van der Waals surface area contributed by atoms with Crippen molar-refractivity contribution < 1.29 is 17.9 Å². The smallest absolute Gasteiger partial charge is 0.390 e. The number of anilines is 1. The van der Waals surface area contributed by atoms with E-state index in [9.17, 15) is 13.2 Å². The van der Waals surface area contributed by atoms with Crippen molar-refractivity contribution in [2.75, 3.05) is 11.9 Å². The summed E-state index contributed by atoms with van der Waals surface area (Å²) >= 11 is 0. The summed E-state index contributed by atoms with van der Waals surface area (Å²) in [6, 6.07) is 10.5. The Bertz CT molecular complexity index is 786. The summed E-state index contributed by atoms with van der Waals surface area (Å²) in [4.78, 5) is 4.08. The SMILES string of the molecule is FC(F)(F)CCNc1cc(Oc2ccccc2)nn2ccnc12. The van der Waals surface area contributed by atoms with E-state index in [0.29, 0.717) is 17.1 Å². The molecule has 0 saturated heterocycles. The number of ether oxygens (including phenoxy) is 1. The minimum absolute atomic E-state index is 0.249. The van der Waals surface area contributed by atoms with Gasteiger partial charge in [0.15, 0.2) is 5.65 Å². The van der Waals surface area contributed by atoms with E-state index in [1.54, 1.807) is 18.3 Å². The molecule has 120 valence electrons. The number of imidazole rings is 1. The first-order chi connectivity index (χ1) is 11.0. The van der Waals surface area contributed by atoms with Crippen LogP contribution in [0.3, 0.4) is 0 Å². The van der Waals surface area contributed by atoms with Crippen LogP contribution in [-0.2, 0) is 0 Å². The molecule has 0 fully saturated rings. The summed E-state index contributed by atoms with van der Waals surface area (Å²) in [6.07, 6.45) is -2.03. The summed E-state index contributed by atoms with van der Waals surface area (Å²) in [5.41, 5.74) is 0.868. The van der Waals surface area contributed by atoms with Gasteiger partial charge in [0.05, 0.1) is 12.1 Å². The van der Waals surface area contributed by atoms with Crippen LogP contribution in [0.25, 0.3) is 5.65 Å². The zero-order chi connectivity index (χ0) is 16.3. The van der Waals surface area contributed by atoms with Gasteiger partial charge in [0, 0.05) is 25.0 Å². The normalized spacial score (nSPS) is 11.6. The maximum absolute atomic E-state index is 12.3. The number of alkyl halides is 3. The van der Waals surface area contributed by atoms with Crippen molar-refractivity contribution in [1.29, 1.82) is 0 Å². The van der Waals surface area contributed by atoms with Crippen LogP contribution in [0.2, 0.25) is 0 Å². The monoisotopic (exact) mass is 322 g/mol. The molecule has 8 heteroatoms. The molecule has 0 atom stereocenters. The molecule has 3 aromatic rings. The summed E-state index contributed by atoms with van der Waals surface area (Å²) in [7, 11) is 0. The van der Waals surface area contributed by atoms with E-state index >= 15 is 0 Å². The van der Waals surface area contributed by atoms with Gasteiger partial charge in [0.1, 0.15) is 5.75 Å². The Balaban J connectivity index is 1.83. The molecule has 1 N–H and O–H groups in total. The zero-order valence-electron chi connectivity index (χ0n) is 11.9. The lowest BCUT2D eigenvalue weighted by Crippen LogP contribution is -2.15. The van der Waals surface area contributed by atoms with Crippen molar-refractivity contribution in [3.8, 4) is 11.6 Å². The highest BCUT2D eigenvalue weighted by molar-refractivity contribution is 5.68. The average Bonchev–Trinajstić information content (AvgIpc) is 2.95. The molecule has 0 bridgehead atoms. The molecule has 3 rings (SSSR count). The highest BCUT2D eigenvalue weighted by atomic mass is 19.4. The van der Waals surface area contributed by atoms with E-state index in [-0.39, 0.29) is 12.4 Å². The number of nitrogens with one attached hydrogen (secondary N) is 1. The Morgan fingerprint density at radius 3 is 2.70 bits per heavy atom. The third-order valence-electron chi connectivity index (χ3n) is 3.03. The predicted octanol–water partition coefficient (Wildman–Crippen LogP) is 3.89. The van der Waals surface area contributed by atoms with Crippen LogP contribution in [0.15, 0.2) is 48.8 Å². The topological polar surface area (TPSA) is 51.5 Å².